The van der Waals surface area contributed by atoms with Crippen LogP contribution >= 0.6 is 0 Å². The predicted octanol–water partition coefficient (Wildman–Crippen LogP) is 3.24. The zero-order valence-corrected chi connectivity index (χ0v) is 60.2. The molecule has 0 aliphatic carbocycles. The summed E-state index contributed by atoms with van der Waals surface area (Å²) in [7, 11) is 3.07. The Balaban J connectivity index is 1.06. The van der Waals surface area contributed by atoms with Crippen molar-refractivity contribution in [3.63, 3.8) is 0 Å². The molecular weight excluding hydrogens is 1430 g/mol. The number of nitrogens with one attached hydrogen (secondary N) is 8. The molecule has 10 N–H and O–H groups in total. The number of rotatable bonds is 16. The molecular formula is C72H86F6N16O14. The van der Waals surface area contributed by atoms with Crippen molar-refractivity contribution in [1.82, 2.24) is 82.3 Å². The Bertz CT molecular complexity index is 3970. The maximum absolute atomic E-state index is 15.0. The number of hydrogen-bond donors (Lipinski definition) is 10. The molecule has 108 heavy (non-hydrogen) atoms. The van der Waals surface area contributed by atoms with Crippen LogP contribution in [0.4, 0.5) is 26.3 Å². The van der Waals surface area contributed by atoms with Gasteiger partial charge in [0.15, 0.2) is 0 Å². The molecule has 0 unspecified atom stereocenters. The van der Waals surface area contributed by atoms with E-state index >= 15 is 9.59 Å². The molecule has 2 aromatic heterocycles. The summed E-state index contributed by atoms with van der Waals surface area (Å²) in [5.41, 5.74) is -1.23. The van der Waals surface area contributed by atoms with E-state index in [1.54, 1.807) is 41.5 Å². The fraction of sp³-hybridized carbons (Fsp3) is 0.472. The van der Waals surface area contributed by atoms with Gasteiger partial charge in [0.25, 0.3) is 0 Å². The Kier molecular flexibility index (Phi) is 26.4. The highest BCUT2D eigenvalue weighted by atomic mass is 19.4. The topological polar surface area (TPSA) is 394 Å². The number of alkyl halides is 6. The molecule has 12 atom stereocenters. The average molecular weight is 1510 g/mol. The van der Waals surface area contributed by atoms with Gasteiger partial charge < -0.3 is 72.0 Å². The lowest BCUT2D eigenvalue weighted by Gasteiger charge is -2.32. The number of hydrogen-bond acceptors (Lipinski definition) is 18. The van der Waals surface area contributed by atoms with Gasteiger partial charge in [0.05, 0.1) is 47.7 Å². The van der Waals surface area contributed by atoms with Gasteiger partial charge in [-0.15, -0.1) is 10.2 Å². The quantitative estimate of drug-likeness (QED) is 0.0622. The van der Waals surface area contributed by atoms with E-state index in [4.69, 9.17) is 9.47 Å². The summed E-state index contributed by atoms with van der Waals surface area (Å²) >= 11 is 0. The third kappa shape index (κ3) is 20.8. The third-order valence-electron chi connectivity index (χ3n) is 19.1. The summed E-state index contributed by atoms with van der Waals surface area (Å²) < 4.78 is 99.8. The zero-order chi connectivity index (χ0) is 78.6. The number of aliphatic carboxylic acids is 2. The fourth-order valence-corrected chi connectivity index (χ4v) is 12.7. The van der Waals surface area contributed by atoms with Crippen molar-refractivity contribution in [3.05, 3.63) is 154 Å². The molecule has 8 heterocycles. The first-order valence-electron chi connectivity index (χ1n) is 34.9. The number of nitrogens with zero attached hydrogens (tertiary/aromatic N) is 8. The van der Waals surface area contributed by atoms with Crippen molar-refractivity contribution in [2.24, 2.45) is 11.8 Å². The third-order valence-corrected chi connectivity index (χ3v) is 19.1. The number of carboxylic acid groups (broad SMARTS) is 2. The number of likely N-dealkylation sites (N-methyl/N-ethyl adjacent to an activating group) is 2. The molecule has 0 saturated carbocycles. The first-order chi connectivity index (χ1) is 51.1. The highest BCUT2D eigenvalue weighted by Crippen LogP contribution is 2.34. The Hall–Kier alpha value is -11.0. The number of benzene rings is 4. The molecule has 6 aliphatic rings. The Morgan fingerprint density at radius 1 is 0.528 bits per heavy atom. The smallest absolute Gasteiger partial charge is 0.416 e. The van der Waals surface area contributed by atoms with Crippen LogP contribution < -0.4 is 52.0 Å². The molecule has 580 valence electrons. The molecule has 12 rings (SSSR count). The Morgan fingerprint density at radius 3 is 1.21 bits per heavy atom. The van der Waals surface area contributed by atoms with E-state index in [2.05, 4.69) is 63.2 Å². The first kappa shape index (κ1) is 81.0. The lowest BCUT2D eigenvalue weighted by Crippen LogP contribution is -2.59. The summed E-state index contributed by atoms with van der Waals surface area (Å²) in [5.74, 6) is -10.5. The molecule has 4 aromatic carbocycles. The Morgan fingerprint density at radius 2 is 0.889 bits per heavy atom. The van der Waals surface area contributed by atoms with Crippen molar-refractivity contribution < 1.29 is 94.0 Å². The van der Waals surface area contributed by atoms with Crippen molar-refractivity contribution in [2.75, 3.05) is 27.2 Å². The monoisotopic (exact) mass is 1510 g/mol. The average Bonchev–Trinajstić information content (AvgIpc) is 1.68. The van der Waals surface area contributed by atoms with Crippen LogP contribution in [0.5, 0.6) is 11.5 Å². The van der Waals surface area contributed by atoms with Crippen LogP contribution in [0.15, 0.2) is 109 Å². The highest BCUT2D eigenvalue weighted by molar-refractivity contribution is 5.98. The van der Waals surface area contributed by atoms with E-state index < -0.39 is 180 Å². The molecule has 0 radical (unpaired) electrons. The van der Waals surface area contributed by atoms with E-state index in [1.807, 2.05) is 0 Å². The van der Waals surface area contributed by atoms with E-state index in [1.165, 1.54) is 106 Å². The van der Waals surface area contributed by atoms with Gasteiger partial charge in [0, 0.05) is 51.6 Å². The molecule has 30 nitrogen and oxygen atoms in total. The van der Waals surface area contributed by atoms with Crippen LogP contribution in [0.2, 0.25) is 0 Å². The van der Waals surface area contributed by atoms with E-state index in [0.29, 0.717) is 11.1 Å². The van der Waals surface area contributed by atoms with E-state index in [0.717, 1.165) is 36.4 Å². The lowest BCUT2D eigenvalue weighted by molar-refractivity contribution is -0.144. The molecule has 8 amide bonds. The summed E-state index contributed by atoms with van der Waals surface area (Å²) in [5, 5.41) is 59.4. The largest absolute Gasteiger partial charge is 0.487 e. The normalized spacial score (nSPS) is 21.9. The first-order valence-corrected chi connectivity index (χ1v) is 34.9. The maximum atomic E-state index is 15.0. The summed E-state index contributed by atoms with van der Waals surface area (Å²) in [4.78, 5) is 144. The van der Waals surface area contributed by atoms with Gasteiger partial charge >= 0.3 is 24.3 Å². The van der Waals surface area contributed by atoms with E-state index in [9.17, 15) is 74.9 Å². The van der Waals surface area contributed by atoms with Crippen molar-refractivity contribution in [3.8, 4) is 11.5 Å². The number of carboxylic acids is 2. The van der Waals surface area contributed by atoms with Gasteiger partial charge in [-0.2, -0.15) is 26.3 Å². The summed E-state index contributed by atoms with van der Waals surface area (Å²) in [6.45, 7) is 8.78. The van der Waals surface area contributed by atoms with Gasteiger partial charge in [-0.25, -0.2) is 19.0 Å². The number of amides is 8. The van der Waals surface area contributed by atoms with Crippen molar-refractivity contribution in [2.45, 2.75) is 178 Å². The van der Waals surface area contributed by atoms with Crippen LogP contribution in [0.3, 0.4) is 0 Å². The highest BCUT2D eigenvalue weighted by Gasteiger charge is 2.48. The van der Waals surface area contributed by atoms with Crippen LogP contribution in [-0.2, 0) is 99.2 Å². The van der Waals surface area contributed by atoms with Gasteiger partial charge in [0.1, 0.15) is 84.4 Å². The second kappa shape index (κ2) is 35.1. The second-order valence-electron chi connectivity index (χ2n) is 27.7. The van der Waals surface area contributed by atoms with Crippen LogP contribution in [0.25, 0.3) is 0 Å². The predicted molar refractivity (Wildman–Crippen MR) is 371 cm³/mol. The van der Waals surface area contributed by atoms with Gasteiger partial charge in [-0.1, -0.05) is 98.8 Å². The number of carbonyl (C=O) groups excluding carboxylic acids is 8. The second-order valence-corrected chi connectivity index (χ2v) is 27.7. The number of ether oxygens (including phenoxy) is 2. The molecule has 6 aromatic rings. The van der Waals surface area contributed by atoms with E-state index in [-0.39, 0.29) is 86.0 Å². The molecule has 0 spiro atoms. The number of aromatic nitrogens is 6. The fourth-order valence-electron chi connectivity index (χ4n) is 12.7. The molecule has 36 heteroatoms. The molecule has 2 fully saturated rings. The molecule has 12 bridgehead atoms. The van der Waals surface area contributed by atoms with Gasteiger partial charge in [0.2, 0.25) is 47.3 Å². The van der Waals surface area contributed by atoms with Crippen molar-refractivity contribution in [1.29, 1.82) is 0 Å². The minimum atomic E-state index is -4.83. The minimum Gasteiger partial charge on any atom is -0.487 e. The number of halogens is 6. The molecule has 6 aliphatic heterocycles. The zero-order valence-electron chi connectivity index (χ0n) is 60.2. The molecule has 2 saturated heterocycles. The lowest BCUT2D eigenvalue weighted by atomic mass is 10.00. The van der Waals surface area contributed by atoms with Gasteiger partial charge in [-0.3, -0.25) is 38.4 Å². The van der Waals surface area contributed by atoms with Crippen LogP contribution in [0, 0.1) is 11.8 Å². The summed E-state index contributed by atoms with van der Waals surface area (Å²) in [6, 6.07) is 4.18. The standard InChI is InChI=1S/C72H86F6N16O14/c1-37(2)59(85-61(95)39(5)79-7)67(101)91-33-49-29-57(91)65(99)81-53(27-43-11-9-13-45(23-43)71(73,74)75)63(97)83-55(69(103)104)25-41-17-21-52(22-18-41)108-36-48-32-94(90-88-48)50-30-58(92(34-50)68(102)60(38(3)4)86-62(96)40(6)80-8)66(100)82-54(28-44-12-10-14-46(24-44)72(76,77)78)64(98)84-56(70(105)106)26-42-15-19-51(20-16-42)107-35-47-31-93(49)89-87-47/h9-24,31-32,37-40,49-50,53-60,79-80H,25-30,33-36H2,1-8H3,(H,81,99)(H,82,100)(H,83,97)(H,84,98)(H,85,95)(H,86,96)(H,103,104)(H,105,106)/t39-,40-,49-,50-,53-,54-,55-,56-,57-,58-,59-,60-/m0/s1. The maximum Gasteiger partial charge on any atom is 0.416 e. The summed E-state index contributed by atoms with van der Waals surface area (Å²) in [6.07, 6.45) is -9.13. The Labute approximate surface area is 616 Å². The van der Waals surface area contributed by atoms with Gasteiger partial charge in [-0.05, 0) is 98.4 Å². The SMILES string of the molecule is CN[C@@H](C)C(=O)N[C@H](C(=O)N1C[C@@H]2C[C@H]1C(=O)N[C@@H](Cc1cccc(C(F)(F)F)c1)C(=O)N[C@H](C(=O)O)Cc1ccc(cc1)OCc1cn(nn1)[C@H]1C[C@@H](C(=O)N[C@@H](Cc3cccc(C(F)(F)F)c3)C(=O)N[C@H](C(=O)O)Cc3ccc(cc3)OCc3cn2nn3)N(C(=O)[C@@H](NC(=O)[C@H](C)NC)C(C)C)C1)C(C)C. The van der Waals surface area contributed by atoms with Crippen molar-refractivity contribution >= 4 is 59.2 Å². The number of carbonyl (C=O) groups is 10. The minimum absolute atomic E-state index is 0.0827. The van der Waals surface area contributed by atoms with Crippen LogP contribution in [-0.4, -0.2) is 197 Å². The van der Waals surface area contributed by atoms with Crippen LogP contribution in [0.1, 0.15) is 111 Å². The number of likely N-dealkylation sites (tertiary alicyclic amines) is 2.